The number of likely N-dealkylation sites (tertiary alicyclic amines) is 2. The Morgan fingerprint density at radius 2 is 1.81 bits per heavy atom. The lowest BCUT2D eigenvalue weighted by atomic mass is 9.90. The van der Waals surface area contributed by atoms with Crippen LogP contribution in [0.25, 0.3) is 5.57 Å². The van der Waals surface area contributed by atoms with Gasteiger partial charge in [-0.1, -0.05) is 66.1 Å². The van der Waals surface area contributed by atoms with Gasteiger partial charge < -0.3 is 0 Å². The predicted molar refractivity (Wildman–Crippen MR) is 129 cm³/mol. The average Bonchev–Trinajstić information content (AvgIpc) is 3.47. The van der Waals surface area contributed by atoms with Crippen LogP contribution in [-0.2, 0) is 13.0 Å². The van der Waals surface area contributed by atoms with Gasteiger partial charge in [0, 0.05) is 32.1 Å². The summed E-state index contributed by atoms with van der Waals surface area (Å²) in [5.74, 6) is 4.43. The van der Waals surface area contributed by atoms with Gasteiger partial charge in [0.1, 0.15) is 0 Å². The van der Waals surface area contributed by atoms with E-state index in [0.717, 1.165) is 38.4 Å². The van der Waals surface area contributed by atoms with Gasteiger partial charge in [-0.15, -0.1) is 6.42 Å². The molecule has 0 bridgehead atoms. The van der Waals surface area contributed by atoms with Crippen LogP contribution in [-0.4, -0.2) is 42.0 Å². The van der Waals surface area contributed by atoms with Gasteiger partial charge >= 0.3 is 0 Å². The Hall–Kier alpha value is -2.34. The molecule has 2 nitrogen and oxygen atoms in total. The quantitative estimate of drug-likeness (QED) is 0.600. The van der Waals surface area contributed by atoms with E-state index in [1.54, 1.807) is 11.1 Å². The van der Waals surface area contributed by atoms with E-state index in [0.29, 0.717) is 12.0 Å². The average molecular weight is 411 g/mol. The van der Waals surface area contributed by atoms with Gasteiger partial charge in [0.25, 0.3) is 0 Å². The molecule has 0 saturated carbocycles. The third-order valence-electron chi connectivity index (χ3n) is 7.67. The van der Waals surface area contributed by atoms with Crippen molar-refractivity contribution in [2.75, 3.05) is 26.2 Å². The molecule has 3 aliphatic rings. The molecule has 3 atom stereocenters. The highest BCUT2D eigenvalue weighted by Gasteiger charge is 2.40. The standard InChI is InChI=1S/C29H34N2/c1-3-27-10-7-16-31(27)17-15-23-11-13-25(14-12-23)29-22(2)18-26-20-30(21-28(26)29)19-24-8-5-4-6-9-24/h1,4-6,8-9,11-14,26-28H,7,10,15-21H2,2H3/t26?,27-,28?/m1/s1. The zero-order valence-electron chi connectivity index (χ0n) is 18.8. The van der Waals surface area contributed by atoms with Gasteiger partial charge in [0.15, 0.2) is 0 Å². The van der Waals surface area contributed by atoms with Gasteiger partial charge in [0.05, 0.1) is 6.04 Å². The largest absolute Gasteiger partial charge is 0.298 e. The second-order valence-corrected chi connectivity index (χ2v) is 9.75. The molecular weight excluding hydrogens is 376 g/mol. The Morgan fingerprint density at radius 3 is 2.58 bits per heavy atom. The summed E-state index contributed by atoms with van der Waals surface area (Å²) in [4.78, 5) is 5.13. The second-order valence-electron chi connectivity index (χ2n) is 9.75. The number of fused-ring (bicyclic) bond motifs is 1. The van der Waals surface area contributed by atoms with Crippen molar-refractivity contribution < 1.29 is 0 Å². The van der Waals surface area contributed by atoms with Crippen LogP contribution in [0.3, 0.4) is 0 Å². The topological polar surface area (TPSA) is 6.48 Å². The minimum Gasteiger partial charge on any atom is -0.298 e. The molecule has 0 amide bonds. The maximum atomic E-state index is 5.69. The fraction of sp³-hybridized carbons (Fsp3) is 0.448. The Labute approximate surface area is 188 Å². The summed E-state index contributed by atoms with van der Waals surface area (Å²) in [6.07, 6.45) is 10.4. The van der Waals surface area contributed by atoms with Crippen molar-refractivity contribution in [1.29, 1.82) is 0 Å². The molecule has 0 spiro atoms. The molecule has 0 N–H and O–H groups in total. The molecule has 2 heteroatoms. The van der Waals surface area contributed by atoms with Gasteiger partial charge in [-0.25, -0.2) is 0 Å². The summed E-state index contributed by atoms with van der Waals surface area (Å²) >= 11 is 0. The van der Waals surface area contributed by atoms with Crippen LogP contribution in [0, 0.1) is 24.2 Å². The maximum absolute atomic E-state index is 5.69. The van der Waals surface area contributed by atoms with Crippen LogP contribution in [0.2, 0.25) is 0 Å². The van der Waals surface area contributed by atoms with E-state index in [1.165, 1.54) is 42.6 Å². The third-order valence-corrected chi connectivity index (χ3v) is 7.67. The van der Waals surface area contributed by atoms with Crippen molar-refractivity contribution in [2.24, 2.45) is 11.8 Å². The normalized spacial score (nSPS) is 26.4. The molecule has 2 saturated heterocycles. The Kier molecular flexibility index (Phi) is 5.99. The van der Waals surface area contributed by atoms with Crippen LogP contribution in [0.15, 0.2) is 60.2 Å². The number of benzene rings is 2. The van der Waals surface area contributed by atoms with E-state index < -0.39 is 0 Å². The lowest BCUT2D eigenvalue weighted by Crippen LogP contribution is -2.30. The summed E-state index contributed by atoms with van der Waals surface area (Å²) < 4.78 is 0. The van der Waals surface area contributed by atoms with Crippen LogP contribution < -0.4 is 0 Å². The molecule has 2 aliphatic heterocycles. The third kappa shape index (κ3) is 4.36. The van der Waals surface area contributed by atoms with E-state index in [2.05, 4.69) is 77.2 Å². The minimum atomic E-state index is 0.351. The van der Waals surface area contributed by atoms with Crippen LogP contribution in [0.5, 0.6) is 0 Å². The minimum absolute atomic E-state index is 0.351. The lowest BCUT2D eigenvalue weighted by molar-refractivity contribution is 0.300. The first-order valence-electron chi connectivity index (χ1n) is 12.0. The molecule has 2 unspecified atom stereocenters. The predicted octanol–water partition coefficient (Wildman–Crippen LogP) is 5.25. The molecule has 2 fully saturated rings. The number of hydrogen-bond donors (Lipinski definition) is 0. The highest BCUT2D eigenvalue weighted by Crippen LogP contribution is 2.47. The first kappa shape index (κ1) is 20.6. The SMILES string of the molecule is C#C[C@@H]1CCCN1CCc1ccc(C2=C(C)CC3CN(Cc4ccccc4)CC23)cc1. The summed E-state index contributed by atoms with van der Waals surface area (Å²) in [5.41, 5.74) is 7.53. The van der Waals surface area contributed by atoms with Gasteiger partial charge in [-0.3, -0.25) is 9.80 Å². The molecule has 31 heavy (non-hydrogen) atoms. The summed E-state index contributed by atoms with van der Waals surface area (Å²) in [7, 11) is 0. The molecule has 5 rings (SSSR count). The number of hydrogen-bond acceptors (Lipinski definition) is 2. The smallest absolute Gasteiger partial charge is 0.0712 e. The fourth-order valence-corrected chi connectivity index (χ4v) is 6.15. The second kappa shape index (κ2) is 9.03. The molecular formula is C29H34N2. The zero-order valence-corrected chi connectivity index (χ0v) is 18.8. The molecule has 160 valence electrons. The number of allylic oxidation sites excluding steroid dienone is 1. The Bertz CT molecular complexity index is 966. The number of nitrogens with zero attached hydrogens (tertiary/aromatic N) is 2. The Morgan fingerprint density at radius 1 is 1.00 bits per heavy atom. The highest BCUT2D eigenvalue weighted by atomic mass is 15.2. The first-order chi connectivity index (χ1) is 15.2. The fourth-order valence-electron chi connectivity index (χ4n) is 6.15. The molecule has 2 aromatic carbocycles. The maximum Gasteiger partial charge on any atom is 0.0712 e. The van der Waals surface area contributed by atoms with Crippen molar-refractivity contribution >= 4 is 5.57 Å². The highest BCUT2D eigenvalue weighted by molar-refractivity contribution is 5.73. The van der Waals surface area contributed by atoms with E-state index in [4.69, 9.17) is 6.42 Å². The van der Waals surface area contributed by atoms with Crippen molar-refractivity contribution in [2.45, 2.75) is 45.2 Å². The molecule has 0 radical (unpaired) electrons. The van der Waals surface area contributed by atoms with Crippen molar-refractivity contribution in [3.05, 3.63) is 76.9 Å². The van der Waals surface area contributed by atoms with Crippen molar-refractivity contribution in [3.63, 3.8) is 0 Å². The van der Waals surface area contributed by atoms with Gasteiger partial charge in [-0.2, -0.15) is 0 Å². The van der Waals surface area contributed by atoms with E-state index in [-0.39, 0.29) is 0 Å². The Balaban J connectivity index is 1.22. The zero-order chi connectivity index (χ0) is 21.2. The van der Waals surface area contributed by atoms with Gasteiger partial charge in [-0.05, 0) is 67.3 Å². The summed E-state index contributed by atoms with van der Waals surface area (Å²) in [5, 5.41) is 0. The lowest BCUT2D eigenvalue weighted by Gasteiger charge is -2.20. The number of terminal acetylenes is 1. The molecule has 1 aliphatic carbocycles. The summed E-state index contributed by atoms with van der Waals surface area (Å²) in [6, 6.07) is 20.7. The van der Waals surface area contributed by atoms with E-state index in [1.807, 2.05) is 0 Å². The monoisotopic (exact) mass is 410 g/mol. The molecule has 2 heterocycles. The van der Waals surface area contributed by atoms with Crippen molar-refractivity contribution in [1.82, 2.24) is 9.80 Å². The van der Waals surface area contributed by atoms with Crippen LogP contribution in [0.1, 0.15) is 42.9 Å². The number of rotatable bonds is 6. The molecule has 0 aromatic heterocycles. The van der Waals surface area contributed by atoms with Crippen LogP contribution in [0.4, 0.5) is 0 Å². The first-order valence-corrected chi connectivity index (χ1v) is 12.0. The van der Waals surface area contributed by atoms with E-state index in [9.17, 15) is 0 Å². The van der Waals surface area contributed by atoms with Gasteiger partial charge in [0.2, 0.25) is 0 Å². The van der Waals surface area contributed by atoms with Crippen molar-refractivity contribution in [3.8, 4) is 12.3 Å². The van der Waals surface area contributed by atoms with Crippen LogP contribution >= 0.6 is 0 Å². The van der Waals surface area contributed by atoms with E-state index >= 15 is 0 Å². The summed E-state index contributed by atoms with van der Waals surface area (Å²) in [6.45, 7) is 8.09. The molecule has 2 aromatic rings.